The summed E-state index contributed by atoms with van der Waals surface area (Å²) in [4.78, 5) is 27.5. The molecule has 2 aromatic carbocycles. The number of carbonyl (C=O) groups is 2. The quantitative estimate of drug-likeness (QED) is 0.588. The molecule has 0 fully saturated rings. The summed E-state index contributed by atoms with van der Waals surface area (Å²) in [7, 11) is 1.60. The number of methoxy groups -OCH3 is 1. The van der Waals surface area contributed by atoms with Crippen molar-refractivity contribution in [1.29, 1.82) is 0 Å². The molecule has 1 N–H and O–H groups in total. The average molecular weight is 447 g/mol. The lowest BCUT2D eigenvalue weighted by molar-refractivity contribution is -0.143. The van der Waals surface area contributed by atoms with E-state index in [9.17, 15) is 9.59 Å². The van der Waals surface area contributed by atoms with Gasteiger partial charge in [-0.1, -0.05) is 30.7 Å². The third-order valence-electron chi connectivity index (χ3n) is 4.82. The van der Waals surface area contributed by atoms with Crippen LogP contribution in [-0.4, -0.2) is 42.5 Å². The van der Waals surface area contributed by atoms with Gasteiger partial charge in [0.05, 0.1) is 7.11 Å². The van der Waals surface area contributed by atoms with Gasteiger partial charge in [-0.3, -0.25) is 9.59 Å². The van der Waals surface area contributed by atoms with Crippen molar-refractivity contribution in [2.75, 3.05) is 13.7 Å². The maximum Gasteiger partial charge on any atom is 0.261 e. The Bertz CT molecular complexity index is 884. The van der Waals surface area contributed by atoms with Gasteiger partial charge in [0.1, 0.15) is 17.5 Å². The summed E-state index contributed by atoms with van der Waals surface area (Å²) in [5.74, 6) is 0.836. The van der Waals surface area contributed by atoms with Crippen molar-refractivity contribution in [3.05, 3.63) is 58.6 Å². The lowest BCUT2D eigenvalue weighted by Gasteiger charge is -2.31. The van der Waals surface area contributed by atoms with Gasteiger partial charge in [-0.15, -0.1) is 0 Å². The first kappa shape index (κ1) is 24.5. The molecule has 0 spiro atoms. The Morgan fingerprint density at radius 2 is 1.74 bits per heavy atom. The zero-order valence-corrected chi connectivity index (χ0v) is 19.5. The maximum absolute atomic E-state index is 13.2. The molecule has 31 heavy (non-hydrogen) atoms. The third kappa shape index (κ3) is 7.17. The van der Waals surface area contributed by atoms with Crippen LogP contribution < -0.4 is 14.8 Å². The Kier molecular flexibility index (Phi) is 9.19. The second-order valence-electron chi connectivity index (χ2n) is 7.66. The Labute approximate surface area is 189 Å². The highest BCUT2D eigenvalue weighted by molar-refractivity contribution is 6.31. The minimum absolute atomic E-state index is 0.0206. The first-order valence-electron chi connectivity index (χ1n) is 10.4. The van der Waals surface area contributed by atoms with E-state index in [2.05, 4.69) is 5.32 Å². The van der Waals surface area contributed by atoms with Gasteiger partial charge >= 0.3 is 0 Å². The maximum atomic E-state index is 13.2. The van der Waals surface area contributed by atoms with E-state index in [-0.39, 0.29) is 31.0 Å². The van der Waals surface area contributed by atoms with Gasteiger partial charge in [0.15, 0.2) is 6.61 Å². The van der Waals surface area contributed by atoms with E-state index in [1.54, 1.807) is 30.2 Å². The molecule has 2 aromatic rings. The first-order valence-corrected chi connectivity index (χ1v) is 10.7. The fourth-order valence-electron chi connectivity index (χ4n) is 3.16. The second kappa shape index (κ2) is 11.6. The molecule has 0 saturated heterocycles. The number of hydrogen-bond acceptors (Lipinski definition) is 4. The van der Waals surface area contributed by atoms with Crippen LogP contribution in [0.15, 0.2) is 42.5 Å². The van der Waals surface area contributed by atoms with E-state index in [1.165, 1.54) is 0 Å². The lowest BCUT2D eigenvalue weighted by atomic mass is 10.1. The molecule has 0 aromatic heterocycles. The molecule has 0 aliphatic carbocycles. The van der Waals surface area contributed by atoms with Crippen molar-refractivity contribution in [2.24, 2.45) is 0 Å². The van der Waals surface area contributed by atoms with Crippen LogP contribution in [0.1, 0.15) is 38.3 Å². The van der Waals surface area contributed by atoms with Gasteiger partial charge < -0.3 is 19.7 Å². The van der Waals surface area contributed by atoms with Crippen molar-refractivity contribution < 1.29 is 19.1 Å². The van der Waals surface area contributed by atoms with E-state index in [1.807, 2.05) is 52.0 Å². The highest BCUT2D eigenvalue weighted by atomic mass is 35.5. The van der Waals surface area contributed by atoms with Crippen LogP contribution in [0, 0.1) is 6.92 Å². The van der Waals surface area contributed by atoms with Crippen molar-refractivity contribution in [3.8, 4) is 11.5 Å². The van der Waals surface area contributed by atoms with Gasteiger partial charge in [0, 0.05) is 17.6 Å². The summed E-state index contributed by atoms with van der Waals surface area (Å²) in [5.41, 5.74) is 1.76. The number of ether oxygens (including phenoxy) is 2. The third-order valence-corrected chi connectivity index (χ3v) is 5.24. The number of nitrogens with zero attached hydrogens (tertiary/aromatic N) is 1. The largest absolute Gasteiger partial charge is 0.497 e. The van der Waals surface area contributed by atoms with Gasteiger partial charge in [-0.05, 0) is 68.7 Å². The first-order chi connectivity index (χ1) is 14.7. The summed E-state index contributed by atoms with van der Waals surface area (Å²) < 4.78 is 10.9. The number of amides is 2. The summed E-state index contributed by atoms with van der Waals surface area (Å²) in [6.45, 7) is 7.66. The number of hydrogen-bond donors (Lipinski definition) is 1. The minimum atomic E-state index is -0.604. The van der Waals surface area contributed by atoms with E-state index in [4.69, 9.17) is 21.1 Å². The zero-order chi connectivity index (χ0) is 23.0. The van der Waals surface area contributed by atoms with Crippen LogP contribution in [-0.2, 0) is 16.1 Å². The van der Waals surface area contributed by atoms with E-state index in [0.29, 0.717) is 17.2 Å². The molecule has 0 unspecified atom stereocenters. The smallest absolute Gasteiger partial charge is 0.261 e. The molecule has 6 nitrogen and oxygen atoms in total. The number of rotatable bonds is 10. The SMILES string of the molecule is CC[C@H](C(=O)NC(C)C)N(Cc1ccc(OC)cc1)C(=O)COc1ccc(Cl)c(C)c1. The van der Waals surface area contributed by atoms with Crippen LogP contribution in [0.2, 0.25) is 5.02 Å². The van der Waals surface area contributed by atoms with Gasteiger partial charge in [0.25, 0.3) is 5.91 Å². The molecule has 168 valence electrons. The van der Waals surface area contributed by atoms with Crippen LogP contribution >= 0.6 is 11.6 Å². The van der Waals surface area contributed by atoms with Crippen molar-refractivity contribution in [1.82, 2.24) is 10.2 Å². The summed E-state index contributed by atoms with van der Waals surface area (Å²) in [6, 6.07) is 12.0. The van der Waals surface area contributed by atoms with Gasteiger partial charge in [-0.25, -0.2) is 0 Å². The second-order valence-corrected chi connectivity index (χ2v) is 8.06. The van der Waals surface area contributed by atoms with E-state index in [0.717, 1.165) is 16.9 Å². The number of aryl methyl sites for hydroxylation is 1. The summed E-state index contributed by atoms with van der Waals surface area (Å²) in [6.07, 6.45) is 0.487. The van der Waals surface area contributed by atoms with E-state index >= 15 is 0 Å². The fourth-order valence-corrected chi connectivity index (χ4v) is 3.28. The summed E-state index contributed by atoms with van der Waals surface area (Å²) in [5, 5.41) is 3.55. The van der Waals surface area contributed by atoms with Gasteiger partial charge in [0.2, 0.25) is 5.91 Å². The Morgan fingerprint density at radius 1 is 1.10 bits per heavy atom. The Morgan fingerprint density at radius 3 is 2.29 bits per heavy atom. The fraction of sp³-hybridized carbons (Fsp3) is 0.417. The molecule has 0 saturated carbocycles. The minimum Gasteiger partial charge on any atom is -0.497 e. The molecule has 2 rings (SSSR count). The molecule has 0 aliphatic rings. The van der Waals surface area contributed by atoms with Crippen molar-refractivity contribution in [3.63, 3.8) is 0 Å². The Balaban J connectivity index is 2.21. The standard InChI is InChI=1S/C24H31ClN2O4/c1-6-22(24(29)26-16(2)3)27(14-18-7-9-19(30-5)10-8-18)23(28)15-31-20-11-12-21(25)17(4)13-20/h7-13,16,22H,6,14-15H2,1-5H3,(H,26,29)/t22-/m1/s1. The topological polar surface area (TPSA) is 67.9 Å². The molecule has 0 radical (unpaired) electrons. The molecule has 1 atom stereocenters. The molecular weight excluding hydrogens is 416 g/mol. The van der Waals surface area contributed by atoms with E-state index < -0.39 is 6.04 Å². The molecule has 0 aliphatic heterocycles. The zero-order valence-electron chi connectivity index (χ0n) is 18.8. The van der Waals surface area contributed by atoms with Crippen LogP contribution in [0.4, 0.5) is 0 Å². The number of benzene rings is 2. The summed E-state index contributed by atoms with van der Waals surface area (Å²) >= 11 is 6.06. The Hall–Kier alpha value is -2.73. The lowest BCUT2D eigenvalue weighted by Crippen LogP contribution is -2.51. The number of halogens is 1. The van der Waals surface area contributed by atoms with Crippen LogP contribution in [0.3, 0.4) is 0 Å². The van der Waals surface area contributed by atoms with Gasteiger partial charge in [-0.2, -0.15) is 0 Å². The average Bonchev–Trinajstić information content (AvgIpc) is 2.74. The normalized spacial score (nSPS) is 11.7. The number of nitrogens with one attached hydrogen (secondary N) is 1. The molecule has 0 bridgehead atoms. The highest BCUT2D eigenvalue weighted by Gasteiger charge is 2.29. The molecular formula is C24H31ClN2O4. The van der Waals surface area contributed by atoms with Crippen LogP contribution in [0.5, 0.6) is 11.5 Å². The van der Waals surface area contributed by atoms with Crippen molar-refractivity contribution in [2.45, 2.75) is 52.7 Å². The molecule has 0 heterocycles. The predicted octanol–water partition coefficient (Wildman–Crippen LogP) is 4.37. The molecule has 2 amide bonds. The predicted molar refractivity (Wildman–Crippen MR) is 123 cm³/mol. The van der Waals surface area contributed by atoms with Crippen molar-refractivity contribution >= 4 is 23.4 Å². The number of carbonyl (C=O) groups excluding carboxylic acids is 2. The monoisotopic (exact) mass is 446 g/mol. The molecule has 7 heteroatoms. The van der Waals surface area contributed by atoms with Crippen LogP contribution in [0.25, 0.3) is 0 Å². The highest BCUT2D eigenvalue weighted by Crippen LogP contribution is 2.22.